The molecule has 4 rings (SSSR count). The molecular weight excluding hydrogens is 516 g/mol. The topological polar surface area (TPSA) is 119 Å². The number of aromatic nitrogens is 1. The van der Waals surface area contributed by atoms with E-state index in [9.17, 15) is 18.0 Å². The summed E-state index contributed by atoms with van der Waals surface area (Å²) in [4.78, 5) is 29.8. The lowest BCUT2D eigenvalue weighted by Gasteiger charge is -2.29. The van der Waals surface area contributed by atoms with Gasteiger partial charge in [-0.25, -0.2) is 8.42 Å². The Kier molecular flexibility index (Phi) is 8.42. The smallest absolute Gasteiger partial charge is 0.251 e. The Bertz CT molecular complexity index is 1450. The van der Waals surface area contributed by atoms with Gasteiger partial charge in [0.25, 0.3) is 5.91 Å². The summed E-state index contributed by atoms with van der Waals surface area (Å²) in [6.45, 7) is 2.90. The first kappa shape index (κ1) is 27.0. The maximum absolute atomic E-state index is 13.1. The SMILES string of the molecule is COCCn1c(=NC(=O)C2CCN(S(=O)(=O)c3ccc(OC)cc3)CC2)sc2cc(NC(C)=O)ccc21. The highest BCUT2D eigenvalue weighted by Crippen LogP contribution is 2.26. The molecule has 2 amide bonds. The van der Waals surface area contributed by atoms with Gasteiger partial charge in [0.1, 0.15) is 5.75 Å². The van der Waals surface area contributed by atoms with Gasteiger partial charge in [0.2, 0.25) is 15.9 Å². The molecule has 1 aromatic heterocycles. The number of anilines is 1. The van der Waals surface area contributed by atoms with Crippen LogP contribution >= 0.6 is 11.3 Å². The molecule has 12 heteroatoms. The van der Waals surface area contributed by atoms with Crippen molar-refractivity contribution >= 4 is 49.1 Å². The molecule has 0 radical (unpaired) electrons. The van der Waals surface area contributed by atoms with Crippen molar-refractivity contribution in [2.75, 3.05) is 39.2 Å². The average molecular weight is 547 g/mol. The van der Waals surface area contributed by atoms with Crippen LogP contribution in [0.25, 0.3) is 10.2 Å². The van der Waals surface area contributed by atoms with E-state index in [-0.39, 0.29) is 35.7 Å². The third kappa shape index (κ3) is 6.09. The van der Waals surface area contributed by atoms with E-state index >= 15 is 0 Å². The fourth-order valence-corrected chi connectivity index (χ4v) is 6.83. The number of amides is 2. The first-order chi connectivity index (χ1) is 17.7. The molecule has 1 fully saturated rings. The zero-order valence-electron chi connectivity index (χ0n) is 21.0. The lowest BCUT2D eigenvalue weighted by Crippen LogP contribution is -2.40. The fraction of sp³-hybridized carbons (Fsp3) is 0.400. The van der Waals surface area contributed by atoms with E-state index in [1.54, 1.807) is 19.2 Å². The minimum absolute atomic E-state index is 0.163. The average Bonchev–Trinajstić information content (AvgIpc) is 3.22. The second kappa shape index (κ2) is 11.5. The Balaban J connectivity index is 1.52. The normalized spacial score (nSPS) is 15.7. The van der Waals surface area contributed by atoms with E-state index < -0.39 is 10.0 Å². The standard InChI is InChI=1S/C25H30N4O6S2/c1-17(30)26-19-4-9-22-23(16-19)36-25(29(22)14-15-34-2)27-24(31)18-10-12-28(13-11-18)37(32,33)21-7-5-20(35-3)6-8-21/h4-9,16,18H,10-15H2,1-3H3,(H,26,30). The van der Waals surface area contributed by atoms with E-state index in [0.29, 0.717) is 42.2 Å². The van der Waals surface area contributed by atoms with Crippen LogP contribution < -0.4 is 14.9 Å². The minimum Gasteiger partial charge on any atom is -0.497 e. The number of carbonyl (C=O) groups is 2. The van der Waals surface area contributed by atoms with E-state index in [0.717, 1.165) is 10.2 Å². The molecule has 198 valence electrons. The third-order valence-electron chi connectivity index (χ3n) is 6.23. The second-order valence-electron chi connectivity index (χ2n) is 8.70. The lowest BCUT2D eigenvalue weighted by molar-refractivity contribution is -0.123. The quantitative estimate of drug-likeness (QED) is 0.464. The van der Waals surface area contributed by atoms with Crippen molar-refractivity contribution < 1.29 is 27.5 Å². The van der Waals surface area contributed by atoms with Gasteiger partial charge in [-0.05, 0) is 55.3 Å². The highest BCUT2D eigenvalue weighted by atomic mass is 32.2. The number of hydrogen-bond donors (Lipinski definition) is 1. The Morgan fingerprint density at radius 1 is 1.11 bits per heavy atom. The van der Waals surface area contributed by atoms with Crippen molar-refractivity contribution in [3.8, 4) is 5.75 Å². The van der Waals surface area contributed by atoms with E-state index in [2.05, 4.69) is 10.3 Å². The van der Waals surface area contributed by atoms with Crippen molar-refractivity contribution in [3.05, 3.63) is 47.3 Å². The predicted octanol–water partition coefficient (Wildman–Crippen LogP) is 2.84. The van der Waals surface area contributed by atoms with E-state index in [1.165, 1.54) is 41.8 Å². The van der Waals surface area contributed by atoms with Crippen molar-refractivity contribution in [3.63, 3.8) is 0 Å². The van der Waals surface area contributed by atoms with Crippen molar-refractivity contribution in [1.29, 1.82) is 0 Å². The molecule has 1 N–H and O–H groups in total. The van der Waals surface area contributed by atoms with Gasteiger partial charge < -0.3 is 19.4 Å². The van der Waals surface area contributed by atoms with Gasteiger partial charge in [0.05, 0.1) is 28.8 Å². The molecule has 10 nitrogen and oxygen atoms in total. The second-order valence-corrected chi connectivity index (χ2v) is 11.6. The summed E-state index contributed by atoms with van der Waals surface area (Å²) in [5.74, 6) is -0.205. The molecule has 2 aromatic carbocycles. The van der Waals surface area contributed by atoms with Gasteiger partial charge in [-0.15, -0.1) is 0 Å². The number of benzene rings is 2. The summed E-state index contributed by atoms with van der Waals surface area (Å²) >= 11 is 1.37. The number of fused-ring (bicyclic) bond motifs is 1. The number of nitrogens with zero attached hydrogens (tertiary/aromatic N) is 3. The molecule has 2 heterocycles. The molecule has 0 saturated carbocycles. The van der Waals surface area contributed by atoms with Crippen molar-refractivity contribution in [2.24, 2.45) is 10.9 Å². The van der Waals surface area contributed by atoms with Crippen LogP contribution in [-0.4, -0.2) is 63.0 Å². The third-order valence-corrected chi connectivity index (χ3v) is 9.18. The zero-order chi connectivity index (χ0) is 26.6. The van der Waals surface area contributed by atoms with Crippen LogP contribution in [0.1, 0.15) is 19.8 Å². The Morgan fingerprint density at radius 2 is 1.81 bits per heavy atom. The van der Waals surface area contributed by atoms with Crippen LogP contribution in [0, 0.1) is 5.92 Å². The fourth-order valence-electron chi connectivity index (χ4n) is 4.26. The molecule has 0 spiro atoms. The van der Waals surface area contributed by atoms with Gasteiger partial charge in [-0.1, -0.05) is 11.3 Å². The molecule has 0 unspecified atom stereocenters. The molecule has 3 aromatic rings. The Hall–Kier alpha value is -3.06. The number of nitrogens with one attached hydrogen (secondary N) is 1. The Morgan fingerprint density at radius 3 is 2.43 bits per heavy atom. The van der Waals surface area contributed by atoms with E-state index in [1.807, 2.05) is 22.8 Å². The number of ether oxygens (including phenoxy) is 2. The molecule has 1 saturated heterocycles. The van der Waals surface area contributed by atoms with Crippen LogP contribution in [-0.2, 0) is 30.9 Å². The van der Waals surface area contributed by atoms with Gasteiger partial charge in [0, 0.05) is 45.3 Å². The van der Waals surface area contributed by atoms with Gasteiger partial charge in [0.15, 0.2) is 4.80 Å². The molecule has 1 aliphatic heterocycles. The first-order valence-electron chi connectivity index (χ1n) is 11.9. The van der Waals surface area contributed by atoms with Gasteiger partial charge >= 0.3 is 0 Å². The summed E-state index contributed by atoms with van der Waals surface area (Å²) < 4.78 is 40.6. The molecule has 1 aliphatic rings. The Labute approximate surface area is 219 Å². The molecule has 0 aliphatic carbocycles. The summed E-state index contributed by atoms with van der Waals surface area (Å²) in [5, 5.41) is 2.77. The number of thiazole rings is 1. The summed E-state index contributed by atoms with van der Waals surface area (Å²) in [6, 6.07) is 11.8. The molecule has 0 bridgehead atoms. The summed E-state index contributed by atoms with van der Waals surface area (Å²) in [7, 11) is -0.516. The van der Waals surface area contributed by atoms with Crippen LogP contribution in [0.5, 0.6) is 5.75 Å². The highest BCUT2D eigenvalue weighted by Gasteiger charge is 2.32. The number of piperidine rings is 1. The lowest BCUT2D eigenvalue weighted by atomic mass is 9.98. The maximum atomic E-state index is 13.1. The number of sulfonamides is 1. The van der Waals surface area contributed by atoms with Crippen LogP contribution in [0.4, 0.5) is 5.69 Å². The largest absolute Gasteiger partial charge is 0.497 e. The van der Waals surface area contributed by atoms with Crippen molar-refractivity contribution in [1.82, 2.24) is 8.87 Å². The maximum Gasteiger partial charge on any atom is 0.251 e. The number of methoxy groups -OCH3 is 2. The van der Waals surface area contributed by atoms with Crippen LogP contribution in [0.15, 0.2) is 52.4 Å². The van der Waals surface area contributed by atoms with Crippen LogP contribution in [0.2, 0.25) is 0 Å². The highest BCUT2D eigenvalue weighted by molar-refractivity contribution is 7.89. The van der Waals surface area contributed by atoms with E-state index in [4.69, 9.17) is 9.47 Å². The molecule has 37 heavy (non-hydrogen) atoms. The zero-order valence-corrected chi connectivity index (χ0v) is 22.6. The molecule has 0 atom stereocenters. The number of hydrogen-bond acceptors (Lipinski definition) is 7. The minimum atomic E-state index is -3.65. The molecular formula is C25H30N4O6S2. The number of rotatable bonds is 8. The summed E-state index contributed by atoms with van der Waals surface area (Å²) in [6.07, 6.45) is 0.792. The predicted molar refractivity (Wildman–Crippen MR) is 141 cm³/mol. The number of carbonyl (C=O) groups excluding carboxylic acids is 2. The first-order valence-corrected chi connectivity index (χ1v) is 14.1. The van der Waals surface area contributed by atoms with Crippen molar-refractivity contribution in [2.45, 2.75) is 31.2 Å². The van der Waals surface area contributed by atoms with Gasteiger partial charge in [-0.2, -0.15) is 9.30 Å². The monoisotopic (exact) mass is 546 g/mol. The van der Waals surface area contributed by atoms with Crippen LogP contribution in [0.3, 0.4) is 0 Å². The summed E-state index contributed by atoms with van der Waals surface area (Å²) in [5.41, 5.74) is 1.56. The van der Waals surface area contributed by atoms with Gasteiger partial charge in [-0.3, -0.25) is 9.59 Å².